The fourth-order valence-corrected chi connectivity index (χ4v) is 6.63. The van der Waals surface area contributed by atoms with Gasteiger partial charge in [0.05, 0.1) is 11.4 Å². The molecule has 10 heteroatoms. The van der Waals surface area contributed by atoms with E-state index in [0.717, 1.165) is 10.9 Å². The molecular formula is C22H24BrN5O3S. The van der Waals surface area contributed by atoms with Crippen LogP contribution in [0.3, 0.4) is 0 Å². The van der Waals surface area contributed by atoms with Crippen LogP contribution >= 0.6 is 26.0 Å². The summed E-state index contributed by atoms with van der Waals surface area (Å²) < 4.78 is 2.17. The molecule has 0 radical (unpaired) electrons. The topological polar surface area (TPSA) is 97.2 Å². The number of para-hydroxylation sites is 1. The normalized spacial score (nSPS) is 18.5. The Morgan fingerprint density at radius 2 is 1.91 bits per heavy atom. The number of aromatic nitrogens is 3. The van der Waals surface area contributed by atoms with E-state index in [0.29, 0.717) is 27.7 Å². The Labute approximate surface area is 195 Å². The van der Waals surface area contributed by atoms with Gasteiger partial charge in [-0.15, -0.1) is 0 Å². The lowest BCUT2D eigenvalue weighted by Crippen LogP contribution is -2.45. The number of hydrogen-bond acceptors (Lipinski definition) is 5. The second-order valence-electron chi connectivity index (χ2n) is 8.36. The van der Waals surface area contributed by atoms with Gasteiger partial charge in [0, 0.05) is 18.1 Å². The number of pyridine rings is 1. The lowest BCUT2D eigenvalue weighted by Gasteiger charge is -2.25. The van der Waals surface area contributed by atoms with Crippen molar-refractivity contribution in [3.63, 3.8) is 0 Å². The number of fused-ring (bicyclic) bond motifs is 1. The molecule has 32 heavy (non-hydrogen) atoms. The number of amides is 2. The zero-order valence-electron chi connectivity index (χ0n) is 18.0. The lowest BCUT2D eigenvalue weighted by molar-refractivity contribution is -0.136. The molecule has 3 aromatic rings. The van der Waals surface area contributed by atoms with E-state index in [1.54, 1.807) is 27.8 Å². The molecule has 1 N–H and O–H groups in total. The molecule has 0 saturated carbocycles. The highest BCUT2D eigenvalue weighted by molar-refractivity contribution is 9.10. The fourth-order valence-electron chi connectivity index (χ4n) is 3.91. The van der Waals surface area contributed by atoms with Gasteiger partial charge in [0.15, 0.2) is 5.78 Å². The van der Waals surface area contributed by atoms with Crippen molar-refractivity contribution < 1.29 is 14.4 Å². The predicted octanol–water partition coefficient (Wildman–Crippen LogP) is 3.27. The molecule has 1 atom stereocenters. The van der Waals surface area contributed by atoms with Gasteiger partial charge in [-0.25, -0.2) is 15.0 Å². The summed E-state index contributed by atoms with van der Waals surface area (Å²) in [6, 6.07) is 12.0. The molecule has 1 fully saturated rings. The van der Waals surface area contributed by atoms with Gasteiger partial charge in [-0.1, -0.05) is 24.3 Å². The average molecular weight is 518 g/mol. The second kappa shape index (κ2) is 8.67. The van der Waals surface area contributed by atoms with Gasteiger partial charge in [0.2, 0.25) is 11.8 Å². The Kier molecular flexibility index (Phi) is 6.09. The maximum atomic E-state index is 13.3. The molecule has 0 bridgehead atoms. The number of ketones is 1. The van der Waals surface area contributed by atoms with Crippen LogP contribution in [-0.2, 0) is 16.1 Å². The van der Waals surface area contributed by atoms with Gasteiger partial charge in [-0.2, -0.15) is 5.10 Å². The summed E-state index contributed by atoms with van der Waals surface area (Å²) in [5.41, 5.74) is 1.06. The highest BCUT2D eigenvalue weighted by atomic mass is 79.9. The Morgan fingerprint density at radius 1 is 1.16 bits per heavy atom. The van der Waals surface area contributed by atoms with Gasteiger partial charge in [-0.05, 0) is 46.6 Å². The number of hydrogen-bond donors (Lipinski definition) is 1. The van der Waals surface area contributed by atoms with Gasteiger partial charge >= 0.3 is 0 Å². The zero-order chi connectivity index (χ0) is 23.0. The van der Waals surface area contributed by atoms with Crippen LogP contribution in [0.2, 0.25) is 0 Å². The Morgan fingerprint density at radius 3 is 2.62 bits per heavy atom. The van der Waals surface area contributed by atoms with Crippen LogP contribution in [0.1, 0.15) is 17.4 Å². The molecule has 0 unspecified atom stereocenters. The van der Waals surface area contributed by atoms with Crippen LogP contribution in [0.25, 0.3) is 10.9 Å². The van der Waals surface area contributed by atoms with E-state index in [9.17, 15) is 14.4 Å². The Balaban J connectivity index is 1.58. The monoisotopic (exact) mass is 517 g/mol. The molecule has 1 aliphatic rings. The van der Waals surface area contributed by atoms with Crippen molar-refractivity contribution in [3.05, 3.63) is 52.8 Å². The standard InChI is InChI=1S/C22H24BrN5O3S/c1-14(29)21-15-7-4-5-8-16(15)28(26-21)11-20(30)27-13-32(2,3)12-17(27)22(31)25-19-10-6-9-18(23)24-19/h4-10,17H,11-13H2,1-3H3,(H,24,25,31)/t17-/m0/s1. The lowest BCUT2D eigenvalue weighted by atomic mass is 10.2. The third-order valence-electron chi connectivity index (χ3n) is 5.34. The minimum Gasteiger partial charge on any atom is -0.320 e. The predicted molar refractivity (Wildman–Crippen MR) is 130 cm³/mol. The van der Waals surface area contributed by atoms with E-state index >= 15 is 0 Å². The molecule has 2 amide bonds. The van der Waals surface area contributed by atoms with Crippen molar-refractivity contribution in [1.82, 2.24) is 19.7 Å². The van der Waals surface area contributed by atoms with Crippen LogP contribution in [0.4, 0.5) is 5.82 Å². The number of Topliss-reactive ketones (excluding diaryl/α,β-unsaturated/α-hetero) is 1. The SMILES string of the molecule is CC(=O)c1nn(CC(=O)N2CS(C)(C)C[C@H]2C(=O)Nc2cccc(Br)n2)c2ccccc12. The summed E-state index contributed by atoms with van der Waals surface area (Å²) in [5.74, 6) is 0.982. The molecule has 1 saturated heterocycles. The molecular weight excluding hydrogens is 494 g/mol. The number of anilines is 1. The number of nitrogens with one attached hydrogen (secondary N) is 1. The first-order valence-electron chi connectivity index (χ1n) is 10.0. The summed E-state index contributed by atoms with van der Waals surface area (Å²) in [7, 11) is -1.15. The van der Waals surface area contributed by atoms with Crippen LogP contribution in [0, 0.1) is 0 Å². The van der Waals surface area contributed by atoms with Crippen molar-refractivity contribution in [2.45, 2.75) is 19.5 Å². The molecule has 0 aliphatic carbocycles. The van der Waals surface area contributed by atoms with Crippen LogP contribution in [0.5, 0.6) is 0 Å². The molecule has 8 nitrogen and oxygen atoms in total. The molecule has 1 aliphatic heterocycles. The third kappa shape index (κ3) is 4.56. The van der Waals surface area contributed by atoms with E-state index in [-0.39, 0.29) is 24.1 Å². The molecule has 0 spiro atoms. The van der Waals surface area contributed by atoms with E-state index in [4.69, 9.17) is 0 Å². The number of halogens is 1. The largest absolute Gasteiger partial charge is 0.320 e. The maximum Gasteiger partial charge on any atom is 0.249 e. The van der Waals surface area contributed by atoms with Crippen molar-refractivity contribution in [2.24, 2.45) is 0 Å². The summed E-state index contributed by atoms with van der Waals surface area (Å²) in [5, 5.41) is 7.94. The summed E-state index contributed by atoms with van der Waals surface area (Å²) in [6.45, 7) is 1.42. The quantitative estimate of drug-likeness (QED) is 0.413. The third-order valence-corrected chi connectivity index (χ3v) is 7.98. The first-order chi connectivity index (χ1) is 15.1. The van der Waals surface area contributed by atoms with Crippen LogP contribution < -0.4 is 5.32 Å². The van der Waals surface area contributed by atoms with Crippen LogP contribution in [-0.4, -0.2) is 67.4 Å². The highest BCUT2D eigenvalue weighted by Gasteiger charge is 2.41. The van der Waals surface area contributed by atoms with Crippen LogP contribution in [0.15, 0.2) is 47.1 Å². The first kappa shape index (κ1) is 22.5. The summed E-state index contributed by atoms with van der Waals surface area (Å²) >= 11 is 3.30. The van der Waals surface area contributed by atoms with Crippen molar-refractivity contribution in [1.29, 1.82) is 0 Å². The molecule has 168 valence electrons. The van der Waals surface area contributed by atoms with E-state index < -0.39 is 16.1 Å². The average Bonchev–Trinajstić information content (AvgIpc) is 3.26. The van der Waals surface area contributed by atoms with E-state index in [2.05, 4.69) is 43.8 Å². The number of benzene rings is 1. The number of carbonyl (C=O) groups is 3. The van der Waals surface area contributed by atoms with Crippen molar-refractivity contribution in [3.8, 4) is 0 Å². The van der Waals surface area contributed by atoms with Crippen molar-refractivity contribution >= 4 is 60.3 Å². The van der Waals surface area contributed by atoms with E-state index in [1.807, 2.05) is 24.3 Å². The number of carbonyl (C=O) groups excluding carboxylic acids is 3. The van der Waals surface area contributed by atoms with Gasteiger partial charge in [-0.3, -0.25) is 19.1 Å². The molecule has 4 rings (SSSR count). The second-order valence-corrected chi connectivity index (χ2v) is 13.3. The molecule has 2 aromatic heterocycles. The van der Waals surface area contributed by atoms with Gasteiger partial charge < -0.3 is 10.2 Å². The zero-order valence-corrected chi connectivity index (χ0v) is 20.4. The molecule has 3 heterocycles. The van der Waals surface area contributed by atoms with Gasteiger partial charge in [0.25, 0.3) is 0 Å². The highest BCUT2D eigenvalue weighted by Crippen LogP contribution is 2.47. The van der Waals surface area contributed by atoms with Crippen molar-refractivity contribution in [2.75, 3.05) is 29.5 Å². The first-order valence-corrected chi connectivity index (χ1v) is 13.6. The summed E-state index contributed by atoms with van der Waals surface area (Å²) in [6.07, 6.45) is 4.24. The fraction of sp³-hybridized carbons (Fsp3) is 0.318. The minimum absolute atomic E-state index is 0.0395. The summed E-state index contributed by atoms with van der Waals surface area (Å²) in [4.78, 5) is 44.3. The Hall–Kier alpha value is -2.72. The molecule has 1 aromatic carbocycles. The maximum absolute atomic E-state index is 13.3. The Bertz CT molecular complexity index is 1230. The minimum atomic E-state index is -1.15. The number of nitrogens with zero attached hydrogens (tertiary/aromatic N) is 4. The number of rotatable bonds is 5. The van der Waals surface area contributed by atoms with Gasteiger partial charge in [0.1, 0.15) is 28.7 Å². The smallest absolute Gasteiger partial charge is 0.249 e. The van der Waals surface area contributed by atoms with E-state index in [1.165, 1.54) is 6.92 Å².